The van der Waals surface area contributed by atoms with Crippen LogP contribution >= 0.6 is 23.1 Å². The summed E-state index contributed by atoms with van der Waals surface area (Å²) >= 11 is 2.65. The van der Waals surface area contributed by atoms with Gasteiger partial charge in [-0.3, -0.25) is 4.79 Å². The van der Waals surface area contributed by atoms with Crippen molar-refractivity contribution in [3.05, 3.63) is 38.3 Å². The van der Waals surface area contributed by atoms with Crippen LogP contribution in [0, 0.1) is 17.2 Å². The van der Waals surface area contributed by atoms with Gasteiger partial charge in [-0.05, 0) is 17.7 Å². The average molecular weight is 320 g/mol. The van der Waals surface area contributed by atoms with E-state index in [1.807, 2.05) is 0 Å². The normalized spacial score (nSPS) is 20.6. The van der Waals surface area contributed by atoms with Gasteiger partial charge in [0, 0.05) is 16.5 Å². The first-order valence-electron chi connectivity index (χ1n) is 6.26. The molecule has 2 aromatic rings. The maximum atomic E-state index is 11.6. The third kappa shape index (κ3) is 2.41. The van der Waals surface area contributed by atoms with Crippen molar-refractivity contribution in [1.82, 2.24) is 4.98 Å². The smallest absolute Gasteiger partial charge is 0.305 e. The minimum absolute atomic E-state index is 0.0578. The van der Waals surface area contributed by atoms with E-state index in [0.29, 0.717) is 11.5 Å². The number of aromatic amines is 1. The summed E-state index contributed by atoms with van der Waals surface area (Å²) in [6.07, 6.45) is 0. The first-order chi connectivity index (χ1) is 10.1. The lowest BCUT2D eigenvalue weighted by Crippen LogP contribution is -2.19. The number of nitriles is 1. The number of benzene rings is 1. The lowest BCUT2D eigenvalue weighted by atomic mass is 9.86. The van der Waals surface area contributed by atoms with Crippen molar-refractivity contribution in [2.45, 2.75) is 10.9 Å². The first-order valence-corrected chi connectivity index (χ1v) is 8.06. The topological polar surface area (TPSA) is 86.1 Å². The van der Waals surface area contributed by atoms with Gasteiger partial charge in [-0.1, -0.05) is 17.4 Å². The van der Waals surface area contributed by atoms with E-state index in [2.05, 4.69) is 11.1 Å². The number of hydrogen-bond acceptors (Lipinski definition) is 6. The van der Waals surface area contributed by atoms with Crippen LogP contribution in [-0.4, -0.2) is 23.0 Å². The summed E-state index contributed by atoms with van der Waals surface area (Å²) in [5.41, 5.74) is 0.869. The van der Waals surface area contributed by atoms with E-state index < -0.39 is 0 Å². The average Bonchev–Trinajstić information content (AvgIpc) is 2.87. The van der Waals surface area contributed by atoms with Gasteiger partial charge in [0.25, 0.3) is 0 Å². The molecule has 5 nitrogen and oxygen atoms in total. The number of phenolic OH excluding ortho intramolecular Hbond substituents is 1. The van der Waals surface area contributed by atoms with Gasteiger partial charge >= 0.3 is 4.87 Å². The Balaban J connectivity index is 2.14. The minimum Gasteiger partial charge on any atom is -0.504 e. The number of ether oxygens (including phenoxy) is 1. The molecule has 2 heterocycles. The number of hydrogen-bond donors (Lipinski definition) is 2. The second kappa shape index (κ2) is 5.47. The summed E-state index contributed by atoms with van der Waals surface area (Å²) in [6, 6.07) is 7.38. The van der Waals surface area contributed by atoms with Gasteiger partial charge in [0.1, 0.15) is 0 Å². The molecular formula is C14H12N2O3S2. The van der Waals surface area contributed by atoms with E-state index >= 15 is 0 Å². The summed E-state index contributed by atoms with van der Waals surface area (Å²) in [7, 11) is 1.48. The maximum Gasteiger partial charge on any atom is 0.305 e. The molecule has 0 amide bonds. The predicted octanol–water partition coefficient (Wildman–Crippen LogP) is 2.53. The lowest BCUT2D eigenvalue weighted by molar-refractivity contribution is 0.372. The van der Waals surface area contributed by atoms with Gasteiger partial charge in [0.15, 0.2) is 11.5 Å². The Morgan fingerprint density at radius 3 is 3.05 bits per heavy atom. The molecule has 0 aliphatic carbocycles. The fourth-order valence-corrected chi connectivity index (χ4v) is 4.81. The highest BCUT2D eigenvalue weighted by Gasteiger charge is 2.34. The fourth-order valence-electron chi connectivity index (χ4n) is 2.47. The number of aromatic hydroxyl groups is 1. The van der Waals surface area contributed by atoms with E-state index in [0.717, 1.165) is 26.8 Å². The molecule has 0 fully saturated rings. The highest BCUT2D eigenvalue weighted by atomic mass is 32.2. The van der Waals surface area contributed by atoms with Gasteiger partial charge in [0.05, 0.1) is 24.1 Å². The molecule has 1 aromatic carbocycles. The van der Waals surface area contributed by atoms with Crippen LogP contribution in [0.5, 0.6) is 11.5 Å². The molecule has 2 atom stereocenters. The van der Waals surface area contributed by atoms with Gasteiger partial charge in [-0.25, -0.2) is 0 Å². The molecule has 0 saturated heterocycles. The van der Waals surface area contributed by atoms with Crippen LogP contribution in [0.1, 0.15) is 16.4 Å². The number of rotatable bonds is 2. The van der Waals surface area contributed by atoms with Crippen molar-refractivity contribution >= 4 is 23.1 Å². The molecule has 2 unspecified atom stereocenters. The molecule has 21 heavy (non-hydrogen) atoms. The molecule has 0 bridgehead atoms. The standard InChI is InChI=1S/C14H12N2O3S2/c1-19-10-4-7(2-3-9(10)17)11-8(5-15)6-20-13-12(11)21-14(18)16-13/h2-4,8,11,17H,6H2,1H3,(H,16,18). The molecule has 0 radical (unpaired) electrons. The molecule has 108 valence electrons. The molecular weight excluding hydrogens is 308 g/mol. The Kier molecular flexibility index (Phi) is 3.66. The van der Waals surface area contributed by atoms with Crippen LogP contribution in [0.4, 0.5) is 0 Å². The van der Waals surface area contributed by atoms with Gasteiger partial charge in [0.2, 0.25) is 0 Å². The van der Waals surface area contributed by atoms with Crippen LogP contribution in [0.3, 0.4) is 0 Å². The van der Waals surface area contributed by atoms with Gasteiger partial charge in [-0.15, -0.1) is 11.8 Å². The quantitative estimate of drug-likeness (QED) is 0.888. The Morgan fingerprint density at radius 1 is 1.52 bits per heavy atom. The third-order valence-corrected chi connectivity index (χ3v) is 5.69. The van der Waals surface area contributed by atoms with Crippen molar-refractivity contribution < 1.29 is 9.84 Å². The number of thiazole rings is 1. The van der Waals surface area contributed by atoms with Crippen molar-refractivity contribution in [1.29, 1.82) is 5.26 Å². The highest BCUT2D eigenvalue weighted by molar-refractivity contribution is 7.99. The lowest BCUT2D eigenvalue weighted by Gasteiger charge is -2.26. The van der Waals surface area contributed by atoms with E-state index in [9.17, 15) is 15.2 Å². The fraction of sp³-hybridized carbons (Fsp3) is 0.286. The van der Waals surface area contributed by atoms with Crippen molar-refractivity contribution in [2.24, 2.45) is 5.92 Å². The van der Waals surface area contributed by atoms with Gasteiger partial charge in [-0.2, -0.15) is 5.26 Å². The summed E-state index contributed by atoms with van der Waals surface area (Å²) in [5, 5.41) is 20.0. The zero-order chi connectivity index (χ0) is 15.0. The minimum atomic E-state index is -0.219. The number of H-pyrrole nitrogens is 1. The first kappa shape index (κ1) is 14.0. The van der Waals surface area contributed by atoms with Crippen LogP contribution in [0.25, 0.3) is 0 Å². The molecule has 0 saturated carbocycles. The molecule has 7 heteroatoms. The molecule has 1 aliphatic rings. The number of phenols is 1. The van der Waals surface area contributed by atoms with E-state index in [1.54, 1.807) is 18.2 Å². The maximum absolute atomic E-state index is 11.6. The summed E-state index contributed by atoms with van der Waals surface area (Å²) < 4.78 is 5.13. The number of aromatic nitrogens is 1. The third-order valence-electron chi connectivity index (χ3n) is 3.46. The summed E-state index contributed by atoms with van der Waals surface area (Å²) in [5.74, 6) is 0.659. The monoisotopic (exact) mass is 320 g/mol. The number of thioether (sulfide) groups is 1. The van der Waals surface area contributed by atoms with Crippen LogP contribution in [-0.2, 0) is 0 Å². The van der Waals surface area contributed by atoms with Crippen molar-refractivity contribution in [3.8, 4) is 17.6 Å². The van der Waals surface area contributed by atoms with Crippen molar-refractivity contribution in [3.63, 3.8) is 0 Å². The Morgan fingerprint density at radius 2 is 2.33 bits per heavy atom. The van der Waals surface area contributed by atoms with E-state index in [-0.39, 0.29) is 22.5 Å². The van der Waals surface area contributed by atoms with Crippen LogP contribution in [0.2, 0.25) is 0 Å². The van der Waals surface area contributed by atoms with Crippen LogP contribution < -0.4 is 9.61 Å². The highest BCUT2D eigenvalue weighted by Crippen LogP contribution is 2.46. The van der Waals surface area contributed by atoms with E-state index in [4.69, 9.17) is 4.74 Å². The second-order valence-electron chi connectivity index (χ2n) is 4.66. The number of fused-ring (bicyclic) bond motifs is 1. The summed E-state index contributed by atoms with van der Waals surface area (Å²) in [4.78, 5) is 15.2. The Labute approximate surface area is 129 Å². The molecule has 0 spiro atoms. The zero-order valence-corrected chi connectivity index (χ0v) is 12.8. The largest absolute Gasteiger partial charge is 0.504 e. The molecule has 1 aromatic heterocycles. The second-order valence-corrected chi connectivity index (χ2v) is 6.71. The number of nitrogens with zero attached hydrogens (tertiary/aromatic N) is 1. The van der Waals surface area contributed by atoms with E-state index in [1.165, 1.54) is 18.9 Å². The Bertz CT molecular complexity index is 775. The predicted molar refractivity (Wildman–Crippen MR) is 81.3 cm³/mol. The SMILES string of the molecule is COc1cc(C2c3sc(=O)[nH]c3SCC2C#N)ccc1O. The van der Waals surface area contributed by atoms with Crippen molar-refractivity contribution in [2.75, 3.05) is 12.9 Å². The molecule has 1 aliphatic heterocycles. The summed E-state index contributed by atoms with van der Waals surface area (Å²) in [6.45, 7) is 0. The molecule has 3 rings (SSSR count). The Hall–Kier alpha value is -1.91. The zero-order valence-electron chi connectivity index (χ0n) is 11.1. The van der Waals surface area contributed by atoms with Gasteiger partial charge < -0.3 is 14.8 Å². The number of nitrogens with one attached hydrogen (secondary N) is 1. The molecule has 2 N–H and O–H groups in total. The van der Waals surface area contributed by atoms with Crippen LogP contribution in [0.15, 0.2) is 28.0 Å². The number of methoxy groups -OCH3 is 1.